The molecule has 2 saturated heterocycles. The van der Waals surface area contributed by atoms with Crippen molar-refractivity contribution in [2.75, 3.05) is 37.7 Å². The molecule has 1 amide bonds. The highest BCUT2D eigenvalue weighted by atomic mass is 19.4. The summed E-state index contributed by atoms with van der Waals surface area (Å²) in [7, 11) is 0. The van der Waals surface area contributed by atoms with Crippen molar-refractivity contribution in [3.05, 3.63) is 46.8 Å². The van der Waals surface area contributed by atoms with Crippen molar-refractivity contribution >= 4 is 11.6 Å². The first kappa shape index (κ1) is 21.2. The summed E-state index contributed by atoms with van der Waals surface area (Å²) in [6.07, 6.45) is -4.11. The Morgan fingerprint density at radius 2 is 2.16 bits per heavy atom. The summed E-state index contributed by atoms with van der Waals surface area (Å²) in [5, 5.41) is 22.9. The highest BCUT2D eigenvalue weighted by Crippen LogP contribution is 2.45. The van der Waals surface area contributed by atoms with Gasteiger partial charge >= 0.3 is 6.18 Å². The van der Waals surface area contributed by atoms with E-state index < -0.39 is 22.7 Å². The minimum absolute atomic E-state index is 0.117. The van der Waals surface area contributed by atoms with E-state index in [4.69, 9.17) is 9.78 Å². The van der Waals surface area contributed by atoms with Crippen LogP contribution in [-0.4, -0.2) is 53.9 Å². The number of hydrogen-bond acceptors (Lipinski definition) is 6. The summed E-state index contributed by atoms with van der Waals surface area (Å²) in [4.78, 5) is 16.2. The number of carbonyl (C=O) groups is 1. The van der Waals surface area contributed by atoms with Crippen LogP contribution >= 0.6 is 0 Å². The zero-order valence-electron chi connectivity index (χ0n) is 16.8. The predicted molar refractivity (Wildman–Crippen MR) is 103 cm³/mol. The molecule has 2 aliphatic rings. The molecule has 3 heterocycles. The third kappa shape index (κ3) is 3.74. The van der Waals surface area contributed by atoms with Crippen molar-refractivity contribution in [3.63, 3.8) is 0 Å². The third-order valence-corrected chi connectivity index (χ3v) is 6.38. The molecule has 31 heavy (non-hydrogen) atoms. The SMILES string of the molecule is Cc1cc(C(=O)N2CC[C@@]3(CO)CN(c4ccc(C#N)c(C(F)(F)F)c4)C[C@H]3C2)no1. The molecular weight excluding hydrogens is 413 g/mol. The summed E-state index contributed by atoms with van der Waals surface area (Å²) in [6, 6.07) is 6.81. The normalized spacial score (nSPS) is 23.5. The number of nitrogens with zero attached hydrogens (tertiary/aromatic N) is 4. The standard InChI is InChI=1S/C21H21F3N4O3/c1-13-6-18(26-31-13)19(30)27-5-4-20(12-29)11-28(10-15(20)9-27)16-3-2-14(8-25)17(7-16)21(22,23)24/h2-3,6-7,15,29H,4-5,9-12H2,1H3/t15-,20+/m1/s1. The van der Waals surface area contributed by atoms with E-state index in [1.165, 1.54) is 12.1 Å². The average Bonchev–Trinajstić information content (AvgIpc) is 3.35. The Kier molecular flexibility index (Phi) is 5.17. The molecule has 0 aliphatic carbocycles. The molecule has 1 aromatic carbocycles. The first-order valence-corrected chi connectivity index (χ1v) is 9.86. The van der Waals surface area contributed by atoms with Gasteiger partial charge in [-0.1, -0.05) is 5.16 Å². The van der Waals surface area contributed by atoms with Gasteiger partial charge in [-0.25, -0.2) is 0 Å². The van der Waals surface area contributed by atoms with Crippen LogP contribution in [0.4, 0.5) is 18.9 Å². The number of halogens is 3. The van der Waals surface area contributed by atoms with Crippen molar-refractivity contribution in [1.82, 2.24) is 10.1 Å². The van der Waals surface area contributed by atoms with Crippen LogP contribution in [0.15, 0.2) is 28.8 Å². The molecule has 2 aliphatic heterocycles. The van der Waals surface area contributed by atoms with Crippen molar-refractivity contribution in [3.8, 4) is 6.07 Å². The molecule has 0 unspecified atom stereocenters. The number of alkyl halides is 3. The molecule has 2 fully saturated rings. The van der Waals surface area contributed by atoms with Gasteiger partial charge in [-0.15, -0.1) is 0 Å². The maximum atomic E-state index is 13.4. The number of fused-ring (bicyclic) bond motifs is 1. The fourth-order valence-corrected chi connectivity index (χ4v) is 4.61. The Balaban J connectivity index is 1.57. The second-order valence-electron chi connectivity index (χ2n) is 8.26. The molecule has 0 saturated carbocycles. The number of likely N-dealkylation sites (tertiary alicyclic amines) is 1. The van der Waals surface area contributed by atoms with Gasteiger partial charge in [0.1, 0.15) is 5.76 Å². The van der Waals surface area contributed by atoms with Crippen LogP contribution in [0.2, 0.25) is 0 Å². The Morgan fingerprint density at radius 3 is 2.77 bits per heavy atom. The van der Waals surface area contributed by atoms with Crippen molar-refractivity contribution in [1.29, 1.82) is 5.26 Å². The molecule has 4 rings (SSSR count). The van der Waals surface area contributed by atoms with E-state index in [1.54, 1.807) is 28.9 Å². The van der Waals surface area contributed by atoms with Crippen molar-refractivity contribution in [2.24, 2.45) is 11.3 Å². The van der Waals surface area contributed by atoms with E-state index in [9.17, 15) is 23.1 Å². The Labute approximate surface area is 176 Å². The molecule has 164 valence electrons. The number of rotatable bonds is 3. The molecular formula is C21H21F3N4O3. The monoisotopic (exact) mass is 434 g/mol. The first-order valence-electron chi connectivity index (χ1n) is 9.86. The molecule has 1 N–H and O–H groups in total. The molecule has 2 aromatic rings. The van der Waals surface area contributed by atoms with Crippen LogP contribution in [0, 0.1) is 29.6 Å². The van der Waals surface area contributed by atoms with Gasteiger partial charge < -0.3 is 19.4 Å². The van der Waals surface area contributed by atoms with E-state index in [1.807, 2.05) is 0 Å². The number of aliphatic hydroxyl groups is 1. The van der Waals surface area contributed by atoms with Crippen LogP contribution in [-0.2, 0) is 6.18 Å². The minimum atomic E-state index is -4.64. The summed E-state index contributed by atoms with van der Waals surface area (Å²) in [6.45, 7) is 3.12. The lowest BCUT2D eigenvalue weighted by molar-refractivity contribution is -0.137. The highest BCUT2D eigenvalue weighted by Gasteiger charge is 2.50. The van der Waals surface area contributed by atoms with Crippen LogP contribution in [0.5, 0.6) is 0 Å². The molecule has 0 radical (unpaired) electrons. The Morgan fingerprint density at radius 1 is 1.39 bits per heavy atom. The fourth-order valence-electron chi connectivity index (χ4n) is 4.61. The largest absolute Gasteiger partial charge is 0.417 e. The fraction of sp³-hybridized carbons (Fsp3) is 0.476. The van der Waals surface area contributed by atoms with E-state index >= 15 is 0 Å². The smallest absolute Gasteiger partial charge is 0.396 e. The van der Waals surface area contributed by atoms with Crippen LogP contribution < -0.4 is 4.90 Å². The Bertz CT molecular complexity index is 1050. The molecule has 0 spiro atoms. The number of aromatic nitrogens is 1. The van der Waals surface area contributed by atoms with Gasteiger partial charge in [-0.05, 0) is 31.5 Å². The minimum Gasteiger partial charge on any atom is -0.396 e. The second-order valence-corrected chi connectivity index (χ2v) is 8.26. The van der Waals surface area contributed by atoms with Gasteiger partial charge in [0.2, 0.25) is 0 Å². The molecule has 1 aromatic heterocycles. The van der Waals surface area contributed by atoms with Gasteiger partial charge in [0.25, 0.3) is 5.91 Å². The highest BCUT2D eigenvalue weighted by molar-refractivity contribution is 5.92. The summed E-state index contributed by atoms with van der Waals surface area (Å²) < 4.78 is 45.1. The molecule has 2 atom stereocenters. The maximum absolute atomic E-state index is 13.4. The number of benzene rings is 1. The number of aliphatic hydroxyl groups excluding tert-OH is 1. The molecule has 0 bridgehead atoms. The quantitative estimate of drug-likeness (QED) is 0.799. The van der Waals surface area contributed by atoms with E-state index in [2.05, 4.69) is 5.16 Å². The topological polar surface area (TPSA) is 93.6 Å². The molecule has 7 nitrogen and oxygen atoms in total. The number of aryl methyl sites for hydroxylation is 1. The van der Waals surface area contributed by atoms with Crippen LogP contribution in [0.1, 0.15) is 33.8 Å². The Hall–Kier alpha value is -3.06. The van der Waals surface area contributed by atoms with Crippen LogP contribution in [0.3, 0.4) is 0 Å². The zero-order chi connectivity index (χ0) is 22.4. The molecule has 10 heteroatoms. The van der Waals surface area contributed by atoms with Gasteiger partial charge in [-0.2, -0.15) is 18.4 Å². The lowest BCUT2D eigenvalue weighted by Gasteiger charge is -2.42. The maximum Gasteiger partial charge on any atom is 0.417 e. The third-order valence-electron chi connectivity index (χ3n) is 6.38. The zero-order valence-corrected chi connectivity index (χ0v) is 16.8. The van der Waals surface area contributed by atoms with Crippen LogP contribution in [0.25, 0.3) is 0 Å². The van der Waals surface area contributed by atoms with E-state index in [-0.39, 0.29) is 24.1 Å². The van der Waals surface area contributed by atoms with Gasteiger partial charge in [0.05, 0.1) is 23.8 Å². The summed E-state index contributed by atoms with van der Waals surface area (Å²) >= 11 is 0. The second kappa shape index (κ2) is 7.57. The van der Waals surface area contributed by atoms with Gasteiger partial charge in [0, 0.05) is 49.3 Å². The number of piperidine rings is 1. The number of hydrogen-bond donors (Lipinski definition) is 1. The number of carbonyl (C=O) groups excluding carboxylic acids is 1. The summed E-state index contributed by atoms with van der Waals surface area (Å²) in [5.74, 6) is 0.145. The number of nitriles is 1. The number of amides is 1. The average molecular weight is 434 g/mol. The van der Waals surface area contributed by atoms with Crippen molar-refractivity contribution in [2.45, 2.75) is 19.5 Å². The van der Waals surface area contributed by atoms with E-state index in [0.717, 1.165) is 6.07 Å². The van der Waals surface area contributed by atoms with Crippen molar-refractivity contribution < 1.29 is 27.6 Å². The lowest BCUT2D eigenvalue weighted by Crippen LogP contribution is -2.50. The first-order chi connectivity index (χ1) is 14.7. The summed E-state index contributed by atoms with van der Waals surface area (Å²) in [5.41, 5.74) is -1.35. The van der Waals surface area contributed by atoms with Gasteiger partial charge in [-0.3, -0.25) is 4.79 Å². The van der Waals surface area contributed by atoms with Gasteiger partial charge in [0.15, 0.2) is 5.69 Å². The lowest BCUT2D eigenvalue weighted by atomic mass is 9.73. The number of anilines is 1. The predicted octanol–water partition coefficient (Wildman–Crippen LogP) is 2.83. The van der Waals surface area contributed by atoms with E-state index in [0.29, 0.717) is 44.0 Å².